The van der Waals surface area contributed by atoms with E-state index in [2.05, 4.69) is 39.4 Å². The van der Waals surface area contributed by atoms with Crippen LogP contribution in [0.1, 0.15) is 29.9 Å². The highest BCUT2D eigenvalue weighted by Crippen LogP contribution is 2.27. The average molecular weight is 284 g/mol. The predicted octanol–water partition coefficient (Wildman–Crippen LogP) is 3.06. The molecule has 2 rings (SSSR count). The minimum absolute atomic E-state index is 0.668. The van der Waals surface area contributed by atoms with Crippen LogP contribution in [0.25, 0.3) is 0 Å². The number of ether oxygens (including phenoxy) is 1. The first-order valence-electron chi connectivity index (χ1n) is 5.79. The van der Waals surface area contributed by atoms with E-state index in [0.29, 0.717) is 12.5 Å². The van der Waals surface area contributed by atoms with E-state index in [1.54, 1.807) is 7.11 Å². The van der Waals surface area contributed by atoms with Crippen molar-refractivity contribution < 1.29 is 4.74 Å². The van der Waals surface area contributed by atoms with Gasteiger partial charge in [0, 0.05) is 18.1 Å². The van der Waals surface area contributed by atoms with Gasteiger partial charge in [-0.1, -0.05) is 28.1 Å². The van der Waals surface area contributed by atoms with E-state index in [9.17, 15) is 0 Å². The number of piperidine rings is 1. The van der Waals surface area contributed by atoms with Gasteiger partial charge in [-0.3, -0.25) is 0 Å². The lowest BCUT2D eigenvalue weighted by Crippen LogP contribution is -2.28. The largest absolute Gasteiger partial charge is 0.380 e. The molecule has 0 bridgehead atoms. The van der Waals surface area contributed by atoms with E-state index >= 15 is 0 Å². The molecule has 0 radical (unpaired) electrons. The van der Waals surface area contributed by atoms with Crippen molar-refractivity contribution in [3.63, 3.8) is 0 Å². The van der Waals surface area contributed by atoms with Gasteiger partial charge in [0.25, 0.3) is 0 Å². The Labute approximate surface area is 106 Å². The zero-order chi connectivity index (χ0) is 11.4. The third-order valence-electron chi connectivity index (χ3n) is 3.15. The predicted molar refractivity (Wildman–Crippen MR) is 69.7 cm³/mol. The standard InChI is InChI=1S/C13H18BrNO/c1-16-9-12-5-4-10(7-13(12)14)11-3-2-6-15-8-11/h4-5,7,11,15H,2-3,6,8-9H2,1H3. The van der Waals surface area contributed by atoms with Gasteiger partial charge in [0.1, 0.15) is 0 Å². The zero-order valence-corrected chi connectivity index (χ0v) is 11.2. The lowest BCUT2D eigenvalue weighted by molar-refractivity contribution is 0.184. The maximum Gasteiger partial charge on any atom is 0.0724 e. The van der Waals surface area contributed by atoms with Crippen molar-refractivity contribution in [2.45, 2.75) is 25.4 Å². The van der Waals surface area contributed by atoms with Crippen molar-refractivity contribution in [1.29, 1.82) is 0 Å². The topological polar surface area (TPSA) is 21.3 Å². The summed E-state index contributed by atoms with van der Waals surface area (Å²) in [6.45, 7) is 2.94. The highest BCUT2D eigenvalue weighted by molar-refractivity contribution is 9.10. The molecule has 0 aromatic heterocycles. The molecular weight excluding hydrogens is 266 g/mol. The Bertz CT molecular complexity index is 348. The lowest BCUT2D eigenvalue weighted by Gasteiger charge is -2.23. The lowest BCUT2D eigenvalue weighted by atomic mass is 9.91. The molecule has 1 aliphatic rings. The summed E-state index contributed by atoms with van der Waals surface area (Å²) in [5, 5.41) is 3.45. The second-order valence-corrected chi connectivity index (χ2v) is 5.18. The molecule has 1 atom stereocenters. The molecule has 0 saturated carbocycles. The Kier molecular flexibility index (Phi) is 4.38. The van der Waals surface area contributed by atoms with Crippen LogP contribution in [0.3, 0.4) is 0 Å². The van der Waals surface area contributed by atoms with Gasteiger partial charge in [-0.25, -0.2) is 0 Å². The fraction of sp³-hybridized carbons (Fsp3) is 0.538. The van der Waals surface area contributed by atoms with Crippen LogP contribution in [-0.4, -0.2) is 20.2 Å². The smallest absolute Gasteiger partial charge is 0.0724 e. The van der Waals surface area contributed by atoms with Crippen molar-refractivity contribution in [3.05, 3.63) is 33.8 Å². The minimum atomic E-state index is 0.668. The van der Waals surface area contributed by atoms with Crippen LogP contribution >= 0.6 is 15.9 Å². The first kappa shape index (κ1) is 12.1. The normalized spacial score (nSPS) is 21.0. The van der Waals surface area contributed by atoms with E-state index in [1.165, 1.54) is 30.5 Å². The van der Waals surface area contributed by atoms with Gasteiger partial charge in [-0.2, -0.15) is 0 Å². The zero-order valence-electron chi connectivity index (χ0n) is 9.63. The minimum Gasteiger partial charge on any atom is -0.380 e. The second kappa shape index (κ2) is 5.80. The summed E-state index contributed by atoms with van der Waals surface area (Å²) in [6, 6.07) is 6.64. The third kappa shape index (κ3) is 2.84. The monoisotopic (exact) mass is 283 g/mol. The van der Waals surface area contributed by atoms with Crippen molar-refractivity contribution in [2.24, 2.45) is 0 Å². The molecule has 1 N–H and O–H groups in total. The highest BCUT2D eigenvalue weighted by atomic mass is 79.9. The molecule has 1 saturated heterocycles. The van der Waals surface area contributed by atoms with E-state index in [0.717, 1.165) is 11.0 Å². The van der Waals surface area contributed by atoms with Crippen LogP contribution in [0.5, 0.6) is 0 Å². The molecule has 0 spiro atoms. The summed E-state index contributed by atoms with van der Waals surface area (Å²) in [6.07, 6.45) is 2.57. The van der Waals surface area contributed by atoms with E-state index in [1.807, 2.05) is 0 Å². The van der Waals surface area contributed by atoms with Gasteiger partial charge in [0.15, 0.2) is 0 Å². The maximum absolute atomic E-state index is 5.15. The van der Waals surface area contributed by atoms with Gasteiger partial charge in [0.2, 0.25) is 0 Å². The Morgan fingerprint density at radius 3 is 3.00 bits per heavy atom. The summed E-state index contributed by atoms with van der Waals surface area (Å²) in [4.78, 5) is 0. The van der Waals surface area contributed by atoms with Crippen LogP contribution in [-0.2, 0) is 11.3 Å². The molecule has 2 nitrogen and oxygen atoms in total. The third-order valence-corrected chi connectivity index (χ3v) is 3.88. The van der Waals surface area contributed by atoms with Gasteiger partial charge in [-0.05, 0) is 42.5 Å². The van der Waals surface area contributed by atoms with Gasteiger partial charge >= 0.3 is 0 Å². The van der Waals surface area contributed by atoms with Crippen LogP contribution in [0.15, 0.2) is 22.7 Å². The van der Waals surface area contributed by atoms with Crippen molar-refractivity contribution in [3.8, 4) is 0 Å². The van der Waals surface area contributed by atoms with Crippen LogP contribution in [0.4, 0.5) is 0 Å². The molecule has 1 unspecified atom stereocenters. The fourth-order valence-electron chi connectivity index (χ4n) is 2.23. The summed E-state index contributed by atoms with van der Waals surface area (Å²) in [7, 11) is 1.73. The van der Waals surface area contributed by atoms with Crippen LogP contribution in [0, 0.1) is 0 Å². The number of benzene rings is 1. The maximum atomic E-state index is 5.15. The average Bonchev–Trinajstić information content (AvgIpc) is 2.33. The summed E-state index contributed by atoms with van der Waals surface area (Å²) >= 11 is 3.61. The van der Waals surface area contributed by atoms with E-state index < -0.39 is 0 Å². The molecule has 16 heavy (non-hydrogen) atoms. The van der Waals surface area contributed by atoms with Gasteiger partial charge in [-0.15, -0.1) is 0 Å². The van der Waals surface area contributed by atoms with Gasteiger partial charge < -0.3 is 10.1 Å². The molecule has 0 amide bonds. The highest BCUT2D eigenvalue weighted by Gasteiger charge is 2.15. The Morgan fingerprint density at radius 1 is 1.50 bits per heavy atom. The molecular formula is C13H18BrNO. The number of hydrogen-bond donors (Lipinski definition) is 1. The molecule has 1 fully saturated rings. The summed E-state index contributed by atoms with van der Waals surface area (Å²) in [5.74, 6) is 0.668. The number of hydrogen-bond acceptors (Lipinski definition) is 2. The Morgan fingerprint density at radius 2 is 2.38 bits per heavy atom. The van der Waals surface area contributed by atoms with Crippen LogP contribution in [0.2, 0.25) is 0 Å². The molecule has 1 aliphatic heterocycles. The fourth-order valence-corrected chi connectivity index (χ4v) is 2.74. The number of methoxy groups -OCH3 is 1. The first-order valence-corrected chi connectivity index (χ1v) is 6.58. The molecule has 1 aromatic carbocycles. The van der Waals surface area contributed by atoms with E-state index in [4.69, 9.17) is 4.74 Å². The quantitative estimate of drug-likeness (QED) is 0.921. The van der Waals surface area contributed by atoms with Crippen molar-refractivity contribution in [2.75, 3.05) is 20.2 Å². The number of halogens is 1. The second-order valence-electron chi connectivity index (χ2n) is 4.33. The van der Waals surface area contributed by atoms with E-state index in [-0.39, 0.29) is 0 Å². The molecule has 1 aromatic rings. The molecule has 88 valence electrons. The Hall–Kier alpha value is -0.380. The molecule has 0 aliphatic carbocycles. The SMILES string of the molecule is COCc1ccc(C2CCCNC2)cc1Br. The number of rotatable bonds is 3. The Balaban J connectivity index is 2.13. The van der Waals surface area contributed by atoms with Crippen LogP contribution < -0.4 is 5.32 Å². The van der Waals surface area contributed by atoms with Crippen molar-refractivity contribution in [1.82, 2.24) is 5.32 Å². The van der Waals surface area contributed by atoms with Crippen molar-refractivity contribution >= 4 is 15.9 Å². The summed E-state index contributed by atoms with van der Waals surface area (Å²) < 4.78 is 6.32. The number of nitrogens with one attached hydrogen (secondary N) is 1. The summed E-state index contributed by atoms with van der Waals surface area (Å²) in [5.41, 5.74) is 2.65. The molecule has 3 heteroatoms. The first-order chi connectivity index (χ1) is 7.81. The van der Waals surface area contributed by atoms with Gasteiger partial charge in [0.05, 0.1) is 6.61 Å². The molecule has 1 heterocycles.